The van der Waals surface area contributed by atoms with Crippen LogP contribution in [0, 0.1) is 0 Å². The predicted molar refractivity (Wildman–Crippen MR) is 172 cm³/mol. The van der Waals surface area contributed by atoms with Gasteiger partial charge in [-0.2, -0.15) is 0 Å². The van der Waals surface area contributed by atoms with Crippen molar-refractivity contribution < 1.29 is 17.9 Å². The van der Waals surface area contributed by atoms with E-state index in [0.29, 0.717) is 18.0 Å². The van der Waals surface area contributed by atoms with Gasteiger partial charge in [-0.1, -0.05) is 62.2 Å². The van der Waals surface area contributed by atoms with Crippen LogP contribution >= 0.6 is 12.4 Å². The molecule has 1 saturated heterocycles. The fraction of sp³-hybridized carbons (Fsp3) is 0.406. The quantitative estimate of drug-likeness (QED) is 0.211. The molecule has 0 aromatic heterocycles. The molecule has 0 saturated carbocycles. The molecule has 3 aromatic rings. The van der Waals surface area contributed by atoms with Crippen LogP contribution in [0.3, 0.4) is 0 Å². The fourth-order valence-electron chi connectivity index (χ4n) is 5.07. The molecule has 0 unspecified atom stereocenters. The van der Waals surface area contributed by atoms with Crippen LogP contribution in [0.25, 0.3) is 0 Å². The summed E-state index contributed by atoms with van der Waals surface area (Å²) < 4.78 is 31.1. The fourth-order valence-corrected chi connectivity index (χ4v) is 5.63. The van der Waals surface area contributed by atoms with Crippen molar-refractivity contribution >= 4 is 34.1 Å². The highest BCUT2D eigenvalue weighted by atomic mass is 35.5. The molecule has 0 spiro atoms. The first-order valence-corrected chi connectivity index (χ1v) is 16.3. The van der Waals surface area contributed by atoms with Crippen LogP contribution in [-0.2, 0) is 23.1 Å². The molecule has 0 aliphatic carbocycles. The number of hydrogen-bond donors (Lipinski definition) is 2. The van der Waals surface area contributed by atoms with Gasteiger partial charge in [0.2, 0.25) is 10.0 Å². The first-order chi connectivity index (χ1) is 19.8. The van der Waals surface area contributed by atoms with Gasteiger partial charge in [-0.05, 0) is 66.8 Å². The summed E-state index contributed by atoms with van der Waals surface area (Å²) in [5, 5.41) is 3.15. The molecule has 8 nitrogen and oxygen atoms in total. The van der Waals surface area contributed by atoms with Gasteiger partial charge < -0.3 is 15.0 Å². The van der Waals surface area contributed by atoms with Crippen molar-refractivity contribution in [2.24, 2.45) is 0 Å². The average Bonchev–Trinajstić information content (AvgIpc) is 2.96. The molecule has 0 atom stereocenters. The van der Waals surface area contributed by atoms with Crippen LogP contribution in [0.1, 0.15) is 50.2 Å². The molecule has 1 aliphatic rings. The third-order valence-electron chi connectivity index (χ3n) is 7.23. The van der Waals surface area contributed by atoms with Gasteiger partial charge in [0, 0.05) is 44.5 Å². The highest BCUT2D eigenvalue weighted by molar-refractivity contribution is 7.92. The molecular formula is C32H43ClN4O4S. The van der Waals surface area contributed by atoms with E-state index in [-0.39, 0.29) is 24.5 Å². The molecule has 0 bridgehead atoms. The largest absolute Gasteiger partial charge is 0.457 e. The van der Waals surface area contributed by atoms with Crippen molar-refractivity contribution in [1.82, 2.24) is 15.1 Å². The Hall–Kier alpha value is -3.27. The van der Waals surface area contributed by atoms with E-state index in [2.05, 4.69) is 46.1 Å². The van der Waals surface area contributed by atoms with Crippen molar-refractivity contribution in [2.45, 2.75) is 58.2 Å². The van der Waals surface area contributed by atoms with Gasteiger partial charge in [0.25, 0.3) is 0 Å². The Bertz CT molecular complexity index is 1330. The summed E-state index contributed by atoms with van der Waals surface area (Å²) in [4.78, 5) is 17.7. The number of sulfonamides is 1. The number of benzene rings is 3. The first kappa shape index (κ1) is 33.2. The number of rotatable bonds is 13. The van der Waals surface area contributed by atoms with Crippen LogP contribution in [-0.4, -0.2) is 56.2 Å². The second kappa shape index (κ2) is 16.4. The Morgan fingerprint density at radius 2 is 1.52 bits per heavy atom. The number of urea groups is 1. The molecule has 228 valence electrons. The lowest BCUT2D eigenvalue weighted by Crippen LogP contribution is -2.50. The van der Waals surface area contributed by atoms with E-state index in [9.17, 15) is 13.2 Å². The lowest BCUT2D eigenvalue weighted by molar-refractivity contribution is 0.113. The highest BCUT2D eigenvalue weighted by Crippen LogP contribution is 2.25. The summed E-state index contributed by atoms with van der Waals surface area (Å²) in [6.45, 7) is 6.24. The van der Waals surface area contributed by atoms with Crippen molar-refractivity contribution in [1.29, 1.82) is 0 Å². The van der Waals surface area contributed by atoms with Crippen molar-refractivity contribution in [3.05, 3.63) is 90.0 Å². The summed E-state index contributed by atoms with van der Waals surface area (Å²) in [6.07, 6.45) is 6.29. The van der Waals surface area contributed by atoms with E-state index >= 15 is 0 Å². The normalized spacial score (nSPS) is 14.0. The number of piperidine rings is 1. The molecule has 1 heterocycles. The summed E-state index contributed by atoms with van der Waals surface area (Å²) in [5.41, 5.74) is 2.86. The van der Waals surface area contributed by atoms with Crippen molar-refractivity contribution in [2.75, 3.05) is 30.6 Å². The number of nitrogens with one attached hydrogen (secondary N) is 2. The second-order valence-corrected chi connectivity index (χ2v) is 12.5. The zero-order valence-corrected chi connectivity index (χ0v) is 26.1. The van der Waals surface area contributed by atoms with Gasteiger partial charge in [-0.3, -0.25) is 9.62 Å². The Labute approximate surface area is 256 Å². The van der Waals surface area contributed by atoms with Crippen LogP contribution < -0.4 is 14.8 Å². The zero-order valence-electron chi connectivity index (χ0n) is 24.5. The minimum Gasteiger partial charge on any atom is -0.457 e. The number of nitrogens with zero attached hydrogens (tertiary/aromatic N) is 2. The number of hydrogen-bond acceptors (Lipinski definition) is 5. The number of amides is 2. The zero-order chi connectivity index (χ0) is 29.1. The van der Waals surface area contributed by atoms with Gasteiger partial charge in [-0.25, -0.2) is 13.2 Å². The lowest BCUT2D eigenvalue weighted by atomic mass is 10.0. The molecule has 1 fully saturated rings. The molecule has 42 heavy (non-hydrogen) atoms. The van der Waals surface area contributed by atoms with Gasteiger partial charge in [0.05, 0.1) is 6.26 Å². The minimum atomic E-state index is -3.31. The number of carbonyl (C=O) groups is 1. The second-order valence-electron chi connectivity index (χ2n) is 10.7. The summed E-state index contributed by atoms with van der Waals surface area (Å²) in [5.74, 6) is 1.35. The number of anilines is 1. The van der Waals surface area contributed by atoms with Crippen LogP contribution in [0.4, 0.5) is 10.5 Å². The number of unbranched alkanes of at least 4 members (excludes halogenated alkanes) is 2. The number of likely N-dealkylation sites (tertiary alicyclic amines) is 1. The van der Waals surface area contributed by atoms with E-state index in [1.54, 1.807) is 24.3 Å². The van der Waals surface area contributed by atoms with Gasteiger partial charge in [0.1, 0.15) is 11.5 Å². The monoisotopic (exact) mass is 614 g/mol. The maximum Gasteiger partial charge on any atom is 0.317 e. The third kappa shape index (κ3) is 10.9. The molecule has 3 aromatic carbocycles. The maximum absolute atomic E-state index is 13.2. The van der Waals surface area contributed by atoms with Gasteiger partial charge >= 0.3 is 6.03 Å². The van der Waals surface area contributed by atoms with Gasteiger partial charge in [0.15, 0.2) is 0 Å². The molecule has 2 amide bonds. The average molecular weight is 615 g/mol. The molecule has 2 N–H and O–H groups in total. The lowest BCUT2D eigenvalue weighted by Gasteiger charge is -2.38. The molecule has 10 heteroatoms. The maximum atomic E-state index is 13.2. The Morgan fingerprint density at radius 1 is 0.905 bits per heavy atom. The molecular weight excluding hydrogens is 572 g/mol. The summed E-state index contributed by atoms with van der Waals surface area (Å²) >= 11 is 0. The summed E-state index contributed by atoms with van der Waals surface area (Å²) in [7, 11) is -3.31. The number of carbonyl (C=O) groups excluding carboxylic acids is 1. The number of halogens is 1. The third-order valence-corrected chi connectivity index (χ3v) is 7.84. The van der Waals surface area contributed by atoms with E-state index < -0.39 is 10.0 Å². The van der Waals surface area contributed by atoms with Crippen LogP contribution in [0.15, 0.2) is 78.9 Å². The molecule has 0 radical (unpaired) electrons. The van der Waals surface area contributed by atoms with E-state index in [0.717, 1.165) is 75.9 Å². The Kier molecular flexibility index (Phi) is 13.0. The standard InChI is InChI=1S/C32H42N4O4S.ClH/c1-3-4-8-21-33-32(37)36(25-26-9-6-5-7-10-26)29-19-22-35(23-20-29)24-27-11-15-30(16-12-27)40-31-17-13-28(14-18-31)34-41(2,38)39;/h5-7,9-18,29,34H,3-4,8,19-25H2,1-2H3,(H,33,37);1H. The highest BCUT2D eigenvalue weighted by Gasteiger charge is 2.28. The number of ether oxygens (including phenoxy) is 1. The SMILES string of the molecule is CCCCCNC(=O)N(Cc1ccccc1)C1CCN(Cc2ccc(Oc3ccc(NS(C)(=O)=O)cc3)cc2)CC1.Cl. The van der Waals surface area contributed by atoms with Crippen LogP contribution in [0.5, 0.6) is 11.5 Å². The van der Waals surface area contributed by atoms with E-state index in [4.69, 9.17) is 4.74 Å². The molecule has 4 rings (SSSR count). The van der Waals surface area contributed by atoms with Gasteiger partial charge in [-0.15, -0.1) is 12.4 Å². The molecule has 1 aliphatic heterocycles. The van der Waals surface area contributed by atoms with Crippen LogP contribution in [0.2, 0.25) is 0 Å². The Balaban J connectivity index is 0.00000484. The van der Waals surface area contributed by atoms with Crippen molar-refractivity contribution in [3.63, 3.8) is 0 Å². The van der Waals surface area contributed by atoms with E-state index in [1.165, 1.54) is 5.56 Å². The first-order valence-electron chi connectivity index (χ1n) is 14.4. The topological polar surface area (TPSA) is 91.0 Å². The van der Waals surface area contributed by atoms with E-state index in [1.807, 2.05) is 35.2 Å². The van der Waals surface area contributed by atoms with Crippen molar-refractivity contribution in [3.8, 4) is 11.5 Å². The summed E-state index contributed by atoms with van der Waals surface area (Å²) in [6, 6.07) is 25.4. The Morgan fingerprint density at radius 3 is 2.12 bits per heavy atom. The predicted octanol–water partition coefficient (Wildman–Crippen LogP) is 6.64. The smallest absolute Gasteiger partial charge is 0.317 e. The minimum absolute atomic E-state index is 0.